The zero-order chi connectivity index (χ0) is 26.6. The van der Waals surface area contributed by atoms with E-state index >= 15 is 0 Å². The molecule has 1 N–H and O–H groups in total. The second-order valence-corrected chi connectivity index (χ2v) is 9.89. The molecule has 5 rings (SSSR count). The lowest BCUT2D eigenvalue weighted by atomic mass is 10.0. The summed E-state index contributed by atoms with van der Waals surface area (Å²) < 4.78 is 22.4. The number of halogens is 2. The average Bonchev–Trinajstić information content (AvgIpc) is 3.52. The Morgan fingerprint density at radius 1 is 1.13 bits per heavy atom. The van der Waals surface area contributed by atoms with E-state index in [2.05, 4.69) is 21.2 Å². The minimum Gasteiger partial charge on any atom is -0.388 e. The van der Waals surface area contributed by atoms with Crippen LogP contribution in [-0.4, -0.2) is 47.1 Å². The number of aldehydes is 1. The molecule has 0 radical (unpaired) electrons. The van der Waals surface area contributed by atoms with E-state index in [9.17, 15) is 14.0 Å². The fourth-order valence-corrected chi connectivity index (χ4v) is 4.90. The first-order chi connectivity index (χ1) is 18.5. The molecule has 1 fully saturated rings. The van der Waals surface area contributed by atoms with Gasteiger partial charge in [-0.25, -0.2) is 9.07 Å². The topological polar surface area (TPSA) is 76.5 Å². The van der Waals surface area contributed by atoms with Crippen LogP contribution >= 0.6 is 15.9 Å². The number of anilines is 1. The molecular weight excluding hydrogens is 551 g/mol. The van der Waals surface area contributed by atoms with Crippen LogP contribution in [0.1, 0.15) is 22.9 Å². The zero-order valence-corrected chi connectivity index (χ0v) is 22.3. The molecule has 1 aliphatic heterocycles. The van der Waals surface area contributed by atoms with Crippen molar-refractivity contribution in [3.63, 3.8) is 0 Å². The van der Waals surface area contributed by atoms with E-state index in [1.807, 2.05) is 55.7 Å². The number of hydrogen-bond donors (Lipinski definition) is 1. The number of carbonyl (C=O) groups excluding carboxylic acids is 2. The molecule has 0 bridgehead atoms. The van der Waals surface area contributed by atoms with Gasteiger partial charge in [0, 0.05) is 47.5 Å². The number of rotatable bonds is 9. The van der Waals surface area contributed by atoms with Gasteiger partial charge in [-0.1, -0.05) is 28.1 Å². The van der Waals surface area contributed by atoms with Gasteiger partial charge < -0.3 is 19.7 Å². The number of nitrogens with one attached hydrogen (secondary N) is 1. The molecule has 3 aromatic carbocycles. The van der Waals surface area contributed by atoms with Crippen molar-refractivity contribution in [2.75, 3.05) is 25.5 Å². The number of ether oxygens (including phenoxy) is 1. The van der Waals surface area contributed by atoms with Crippen molar-refractivity contribution in [3.8, 4) is 16.9 Å². The Morgan fingerprint density at radius 3 is 2.61 bits per heavy atom. The Bertz CT molecular complexity index is 1450. The third kappa shape index (κ3) is 5.39. The van der Waals surface area contributed by atoms with Crippen molar-refractivity contribution in [2.24, 2.45) is 0 Å². The van der Waals surface area contributed by atoms with Crippen LogP contribution in [-0.2, 0) is 27.2 Å². The van der Waals surface area contributed by atoms with Crippen LogP contribution in [0.25, 0.3) is 16.9 Å². The second-order valence-electron chi connectivity index (χ2n) is 8.97. The first-order valence-electron chi connectivity index (χ1n) is 12.2. The van der Waals surface area contributed by atoms with Crippen LogP contribution in [0, 0.1) is 5.82 Å². The molecule has 2 heterocycles. The minimum absolute atomic E-state index is 0.0356. The van der Waals surface area contributed by atoms with Crippen LogP contribution in [0.3, 0.4) is 0 Å². The van der Waals surface area contributed by atoms with Crippen molar-refractivity contribution in [3.05, 3.63) is 99.9 Å². The van der Waals surface area contributed by atoms with Crippen molar-refractivity contribution in [1.29, 1.82) is 0 Å². The molecule has 38 heavy (non-hydrogen) atoms. The highest BCUT2D eigenvalue weighted by molar-refractivity contribution is 9.10. The summed E-state index contributed by atoms with van der Waals surface area (Å²) in [5, 5.41) is 7.91. The first kappa shape index (κ1) is 25.8. The summed E-state index contributed by atoms with van der Waals surface area (Å²) in [6.07, 6.45) is 3.01. The first-order valence-corrected chi connectivity index (χ1v) is 13.0. The van der Waals surface area contributed by atoms with Gasteiger partial charge >= 0.3 is 0 Å². The molecule has 1 amide bonds. The molecule has 4 aromatic rings. The number of hydrogen-bond acceptors (Lipinski definition) is 5. The molecule has 0 unspecified atom stereocenters. The molecule has 194 valence electrons. The average molecular weight is 577 g/mol. The van der Waals surface area contributed by atoms with Crippen molar-refractivity contribution < 1.29 is 18.7 Å². The van der Waals surface area contributed by atoms with E-state index < -0.39 is 6.23 Å². The quantitative estimate of drug-likeness (QED) is 0.273. The van der Waals surface area contributed by atoms with Gasteiger partial charge in [-0.3, -0.25) is 4.79 Å². The SMILES string of the molecule is CNc1ccc(CCN2C(=O)CO[C@H]2c2cn(-c3ccc(Br)cc3)nc2-c2ccc(F)cc2)cc1CC=O. The molecule has 7 nitrogen and oxygen atoms in total. The molecular formula is C29H26BrFN4O3. The summed E-state index contributed by atoms with van der Waals surface area (Å²) in [5.74, 6) is -0.453. The Kier molecular flexibility index (Phi) is 7.67. The maximum Gasteiger partial charge on any atom is 0.250 e. The summed E-state index contributed by atoms with van der Waals surface area (Å²) in [4.78, 5) is 25.8. The van der Waals surface area contributed by atoms with E-state index in [0.717, 1.165) is 44.4 Å². The van der Waals surface area contributed by atoms with Crippen LogP contribution in [0.5, 0.6) is 0 Å². The number of carbonyl (C=O) groups is 2. The lowest BCUT2D eigenvalue weighted by Crippen LogP contribution is -2.30. The van der Waals surface area contributed by atoms with Crippen LogP contribution in [0.15, 0.2) is 77.4 Å². The summed E-state index contributed by atoms with van der Waals surface area (Å²) >= 11 is 3.46. The van der Waals surface area contributed by atoms with E-state index in [0.29, 0.717) is 25.1 Å². The van der Waals surface area contributed by atoms with Gasteiger partial charge in [-0.15, -0.1) is 0 Å². The fourth-order valence-electron chi connectivity index (χ4n) is 4.63. The predicted octanol–water partition coefficient (Wildman–Crippen LogP) is 5.32. The summed E-state index contributed by atoms with van der Waals surface area (Å²) in [5.41, 5.74) is 5.73. The Morgan fingerprint density at radius 2 is 1.89 bits per heavy atom. The van der Waals surface area contributed by atoms with E-state index in [4.69, 9.17) is 9.84 Å². The Hall–Kier alpha value is -3.82. The fraction of sp³-hybridized carbons (Fsp3) is 0.207. The number of benzene rings is 3. The Labute approximate surface area is 228 Å². The van der Waals surface area contributed by atoms with Crippen LogP contribution < -0.4 is 5.32 Å². The van der Waals surface area contributed by atoms with Crippen molar-refractivity contribution in [2.45, 2.75) is 19.1 Å². The molecule has 1 atom stereocenters. The third-order valence-corrected chi connectivity index (χ3v) is 7.10. The highest BCUT2D eigenvalue weighted by Gasteiger charge is 2.36. The molecule has 1 aliphatic rings. The normalized spacial score (nSPS) is 15.2. The number of aromatic nitrogens is 2. The lowest BCUT2D eigenvalue weighted by Gasteiger charge is -2.23. The molecule has 0 saturated carbocycles. The van der Waals surface area contributed by atoms with Gasteiger partial charge in [0.25, 0.3) is 5.91 Å². The molecule has 1 aromatic heterocycles. The van der Waals surface area contributed by atoms with Crippen molar-refractivity contribution in [1.82, 2.24) is 14.7 Å². The summed E-state index contributed by atoms with van der Waals surface area (Å²) in [7, 11) is 1.82. The minimum atomic E-state index is -0.641. The van der Waals surface area contributed by atoms with Gasteiger partial charge in [0.15, 0.2) is 6.23 Å². The van der Waals surface area contributed by atoms with Crippen molar-refractivity contribution >= 4 is 33.8 Å². The van der Waals surface area contributed by atoms with E-state index in [1.165, 1.54) is 12.1 Å². The van der Waals surface area contributed by atoms with E-state index in [-0.39, 0.29) is 18.3 Å². The number of amides is 1. The maximum absolute atomic E-state index is 13.7. The second kappa shape index (κ2) is 11.3. The zero-order valence-electron chi connectivity index (χ0n) is 20.7. The van der Waals surface area contributed by atoms with E-state index in [1.54, 1.807) is 21.7 Å². The van der Waals surface area contributed by atoms with Gasteiger partial charge in [0.05, 0.1) is 5.69 Å². The summed E-state index contributed by atoms with van der Waals surface area (Å²) in [6.45, 7) is 0.390. The monoisotopic (exact) mass is 576 g/mol. The molecule has 1 saturated heterocycles. The molecule has 9 heteroatoms. The highest BCUT2D eigenvalue weighted by atomic mass is 79.9. The standard InChI is InChI=1S/C29H26BrFN4O3/c1-32-26-11-2-19(16-21(26)13-15-36)12-14-34-27(37)18-38-29(34)25-17-35(24-9-5-22(30)6-10-24)33-28(25)20-3-7-23(31)8-4-20/h2-11,15-17,29,32H,12-14,18H2,1H3/t29-/m0/s1. The predicted molar refractivity (Wildman–Crippen MR) is 147 cm³/mol. The summed E-state index contributed by atoms with van der Waals surface area (Å²) in [6, 6.07) is 19.8. The Balaban J connectivity index is 1.47. The van der Waals surface area contributed by atoms with Crippen LogP contribution in [0.2, 0.25) is 0 Å². The number of nitrogens with zero attached hydrogens (tertiary/aromatic N) is 3. The smallest absolute Gasteiger partial charge is 0.250 e. The molecule has 0 aliphatic carbocycles. The van der Waals surface area contributed by atoms with Crippen LogP contribution in [0.4, 0.5) is 10.1 Å². The maximum atomic E-state index is 13.7. The molecule has 0 spiro atoms. The largest absolute Gasteiger partial charge is 0.388 e. The third-order valence-electron chi connectivity index (χ3n) is 6.57. The van der Waals surface area contributed by atoms with Gasteiger partial charge in [-0.05, 0) is 72.1 Å². The van der Waals surface area contributed by atoms with Gasteiger partial charge in [0.1, 0.15) is 24.4 Å². The van der Waals surface area contributed by atoms with Gasteiger partial charge in [-0.2, -0.15) is 5.10 Å². The highest BCUT2D eigenvalue weighted by Crippen LogP contribution is 2.35. The van der Waals surface area contributed by atoms with Gasteiger partial charge in [0.2, 0.25) is 0 Å². The lowest BCUT2D eigenvalue weighted by molar-refractivity contribution is -0.128.